The van der Waals surface area contributed by atoms with E-state index in [1.807, 2.05) is 0 Å². The number of hydrogen-bond donors (Lipinski definition) is 2. The molecule has 0 spiro atoms. The van der Waals surface area contributed by atoms with Crippen molar-refractivity contribution in [1.82, 2.24) is 19.9 Å². The molecule has 17 heavy (non-hydrogen) atoms. The van der Waals surface area contributed by atoms with Gasteiger partial charge in [-0.25, -0.2) is 9.48 Å². The molecule has 1 aromatic rings. The number of carboxylic acids is 1. The molecular formula is C10H17N5O2. The van der Waals surface area contributed by atoms with Gasteiger partial charge in [-0.3, -0.25) is 0 Å². The van der Waals surface area contributed by atoms with Gasteiger partial charge in [-0.2, -0.15) is 0 Å². The lowest BCUT2D eigenvalue weighted by molar-refractivity contribution is 0.0674. The number of aromatic carboxylic acids is 1. The maximum Gasteiger partial charge on any atom is 0.356 e. The quantitative estimate of drug-likeness (QED) is 0.751. The molecule has 0 bridgehead atoms. The third kappa shape index (κ3) is 2.29. The summed E-state index contributed by atoms with van der Waals surface area (Å²) in [6, 6.07) is 0.116. The highest BCUT2D eigenvalue weighted by Gasteiger charge is 2.26. The summed E-state index contributed by atoms with van der Waals surface area (Å²) in [6.07, 6.45) is 1.79. The summed E-state index contributed by atoms with van der Waals surface area (Å²) in [5, 5.41) is 17.0. The molecular weight excluding hydrogens is 222 g/mol. The number of nitrogens with two attached hydrogens (primary N) is 1. The third-order valence-electron chi connectivity index (χ3n) is 3.19. The molecule has 0 radical (unpaired) electrons. The fourth-order valence-corrected chi connectivity index (χ4v) is 2.18. The predicted molar refractivity (Wildman–Crippen MR) is 60.6 cm³/mol. The maximum absolute atomic E-state index is 11.2. The van der Waals surface area contributed by atoms with Gasteiger partial charge < -0.3 is 15.7 Å². The largest absolute Gasteiger partial charge is 0.476 e. The first kappa shape index (κ1) is 12.0. The Balaban J connectivity index is 2.26. The van der Waals surface area contributed by atoms with E-state index in [1.54, 1.807) is 0 Å². The van der Waals surface area contributed by atoms with Gasteiger partial charge in [0.05, 0.1) is 6.04 Å². The summed E-state index contributed by atoms with van der Waals surface area (Å²) in [7, 11) is 2.06. The Kier molecular flexibility index (Phi) is 3.39. The van der Waals surface area contributed by atoms with Crippen LogP contribution in [-0.2, 0) is 6.54 Å². The molecule has 0 unspecified atom stereocenters. The van der Waals surface area contributed by atoms with Crippen molar-refractivity contribution in [3.8, 4) is 0 Å². The van der Waals surface area contributed by atoms with Gasteiger partial charge in [-0.15, -0.1) is 5.10 Å². The highest BCUT2D eigenvalue weighted by molar-refractivity contribution is 5.86. The number of piperidine rings is 1. The summed E-state index contributed by atoms with van der Waals surface area (Å²) >= 11 is 0. The summed E-state index contributed by atoms with van der Waals surface area (Å²) in [4.78, 5) is 13.4. The Labute approximate surface area is 99.2 Å². The third-order valence-corrected chi connectivity index (χ3v) is 3.19. The van der Waals surface area contributed by atoms with Crippen molar-refractivity contribution in [3.05, 3.63) is 11.4 Å². The Morgan fingerprint density at radius 3 is 2.71 bits per heavy atom. The summed E-state index contributed by atoms with van der Waals surface area (Å²) < 4.78 is 1.53. The first-order valence-electron chi connectivity index (χ1n) is 5.69. The van der Waals surface area contributed by atoms with E-state index in [2.05, 4.69) is 22.3 Å². The Hall–Kier alpha value is -1.47. The number of hydrogen-bond acceptors (Lipinski definition) is 5. The molecule has 2 rings (SSSR count). The minimum Gasteiger partial charge on any atom is -0.476 e. The van der Waals surface area contributed by atoms with Gasteiger partial charge in [-0.05, 0) is 33.0 Å². The van der Waals surface area contributed by atoms with Crippen molar-refractivity contribution in [3.63, 3.8) is 0 Å². The van der Waals surface area contributed by atoms with Gasteiger partial charge in [0.1, 0.15) is 5.69 Å². The van der Waals surface area contributed by atoms with Crippen LogP contribution in [0, 0.1) is 0 Å². The van der Waals surface area contributed by atoms with Crippen LogP contribution >= 0.6 is 0 Å². The number of rotatable bonds is 3. The van der Waals surface area contributed by atoms with Crippen LogP contribution in [0.3, 0.4) is 0 Å². The van der Waals surface area contributed by atoms with Crippen LogP contribution in [0.5, 0.6) is 0 Å². The second-order valence-corrected chi connectivity index (χ2v) is 4.37. The topological polar surface area (TPSA) is 97.3 Å². The lowest BCUT2D eigenvalue weighted by Crippen LogP contribution is -2.33. The minimum absolute atomic E-state index is 0.105. The van der Waals surface area contributed by atoms with Crippen LogP contribution in [0.2, 0.25) is 0 Å². The fraction of sp³-hybridized carbons (Fsp3) is 0.700. The molecule has 7 nitrogen and oxygen atoms in total. The molecule has 0 saturated carbocycles. The van der Waals surface area contributed by atoms with Crippen LogP contribution in [0.1, 0.15) is 35.1 Å². The average Bonchev–Trinajstić information content (AvgIpc) is 2.73. The van der Waals surface area contributed by atoms with E-state index in [0.717, 1.165) is 25.9 Å². The second kappa shape index (κ2) is 4.80. The lowest BCUT2D eigenvalue weighted by atomic mass is 10.1. The zero-order chi connectivity index (χ0) is 12.4. The molecule has 1 aliphatic heterocycles. The molecule has 0 atom stereocenters. The zero-order valence-corrected chi connectivity index (χ0v) is 9.83. The fourth-order valence-electron chi connectivity index (χ4n) is 2.18. The molecule has 3 N–H and O–H groups in total. The summed E-state index contributed by atoms with van der Waals surface area (Å²) in [6.45, 7) is 2.00. The standard InChI is InChI=1S/C10H17N5O2/c1-14-4-2-7(3-5-14)15-9(10(16)17)8(6-11)12-13-15/h7H,2-6,11H2,1H3,(H,16,17). The zero-order valence-electron chi connectivity index (χ0n) is 9.83. The van der Waals surface area contributed by atoms with Crippen molar-refractivity contribution in [2.75, 3.05) is 20.1 Å². The van der Waals surface area contributed by atoms with Gasteiger partial charge in [-0.1, -0.05) is 5.21 Å². The predicted octanol–water partition coefficient (Wildman–Crippen LogP) is -0.298. The van der Waals surface area contributed by atoms with Crippen LogP contribution in [-0.4, -0.2) is 51.1 Å². The van der Waals surface area contributed by atoms with Crippen LogP contribution in [0.15, 0.2) is 0 Å². The van der Waals surface area contributed by atoms with Crippen molar-refractivity contribution >= 4 is 5.97 Å². The van der Waals surface area contributed by atoms with Crippen molar-refractivity contribution in [2.24, 2.45) is 5.73 Å². The first-order valence-corrected chi connectivity index (χ1v) is 5.69. The van der Waals surface area contributed by atoms with E-state index in [1.165, 1.54) is 4.68 Å². The van der Waals surface area contributed by atoms with E-state index < -0.39 is 5.97 Å². The molecule has 0 aromatic carbocycles. The first-order chi connectivity index (χ1) is 8.13. The normalized spacial score (nSPS) is 18.5. The van der Waals surface area contributed by atoms with E-state index in [-0.39, 0.29) is 18.3 Å². The van der Waals surface area contributed by atoms with E-state index in [9.17, 15) is 9.90 Å². The molecule has 0 aliphatic carbocycles. The summed E-state index contributed by atoms with van der Waals surface area (Å²) in [5.41, 5.74) is 5.96. The van der Waals surface area contributed by atoms with Crippen molar-refractivity contribution < 1.29 is 9.90 Å². The summed E-state index contributed by atoms with van der Waals surface area (Å²) in [5.74, 6) is -1.01. The van der Waals surface area contributed by atoms with Gasteiger partial charge in [0.15, 0.2) is 5.69 Å². The monoisotopic (exact) mass is 239 g/mol. The van der Waals surface area contributed by atoms with Gasteiger partial charge in [0, 0.05) is 6.54 Å². The number of aromatic nitrogens is 3. The number of carbonyl (C=O) groups is 1. The number of carboxylic acid groups (broad SMARTS) is 1. The molecule has 1 aliphatic rings. The Morgan fingerprint density at radius 2 is 2.18 bits per heavy atom. The molecule has 1 saturated heterocycles. The van der Waals surface area contributed by atoms with Crippen LogP contribution in [0.4, 0.5) is 0 Å². The number of likely N-dealkylation sites (tertiary alicyclic amines) is 1. The van der Waals surface area contributed by atoms with E-state index in [0.29, 0.717) is 5.69 Å². The van der Waals surface area contributed by atoms with Crippen molar-refractivity contribution in [1.29, 1.82) is 0 Å². The molecule has 1 aromatic heterocycles. The number of nitrogens with zero attached hydrogens (tertiary/aromatic N) is 4. The molecule has 0 amide bonds. The Bertz CT molecular complexity index is 409. The van der Waals surface area contributed by atoms with Gasteiger partial charge in [0.2, 0.25) is 0 Å². The minimum atomic E-state index is -1.01. The van der Waals surface area contributed by atoms with E-state index >= 15 is 0 Å². The molecule has 1 fully saturated rings. The van der Waals surface area contributed by atoms with Gasteiger partial charge >= 0.3 is 5.97 Å². The highest BCUT2D eigenvalue weighted by Crippen LogP contribution is 2.23. The second-order valence-electron chi connectivity index (χ2n) is 4.37. The lowest BCUT2D eigenvalue weighted by Gasteiger charge is -2.29. The smallest absolute Gasteiger partial charge is 0.356 e. The average molecular weight is 239 g/mol. The molecule has 2 heterocycles. The van der Waals surface area contributed by atoms with Gasteiger partial charge in [0.25, 0.3) is 0 Å². The molecule has 7 heteroatoms. The van der Waals surface area contributed by atoms with Crippen LogP contribution < -0.4 is 5.73 Å². The maximum atomic E-state index is 11.2. The van der Waals surface area contributed by atoms with E-state index in [4.69, 9.17) is 5.73 Å². The SMILES string of the molecule is CN1CCC(n2nnc(CN)c2C(=O)O)CC1. The molecule has 94 valence electrons. The Morgan fingerprint density at radius 1 is 1.53 bits per heavy atom. The van der Waals surface area contributed by atoms with Crippen molar-refractivity contribution in [2.45, 2.75) is 25.4 Å². The highest BCUT2D eigenvalue weighted by atomic mass is 16.4. The van der Waals surface area contributed by atoms with Crippen LogP contribution in [0.25, 0.3) is 0 Å².